The van der Waals surface area contributed by atoms with Gasteiger partial charge in [0.2, 0.25) is 0 Å². The van der Waals surface area contributed by atoms with Crippen molar-refractivity contribution >= 4 is 34.5 Å². The number of amides is 1. The molecule has 0 fully saturated rings. The number of fused-ring (bicyclic) bond motifs is 1. The Balaban J connectivity index is 1.78. The molecule has 6 nitrogen and oxygen atoms in total. The molecule has 180 valence electrons. The Labute approximate surface area is 204 Å². The molecule has 2 N–H and O–H groups in total. The minimum absolute atomic E-state index is 0.0140. The highest BCUT2D eigenvalue weighted by molar-refractivity contribution is 7.98. The lowest BCUT2D eigenvalue weighted by molar-refractivity contribution is 0.0978. The van der Waals surface area contributed by atoms with E-state index < -0.39 is 17.7 Å². The molecule has 0 aliphatic heterocycles. The summed E-state index contributed by atoms with van der Waals surface area (Å²) in [6.45, 7) is 5.49. The van der Waals surface area contributed by atoms with Crippen LogP contribution in [0.15, 0.2) is 70.0 Å². The van der Waals surface area contributed by atoms with Crippen molar-refractivity contribution in [2.45, 2.75) is 32.6 Å². The van der Waals surface area contributed by atoms with Gasteiger partial charge in [0.05, 0.1) is 17.1 Å². The number of nitrogens with one attached hydrogen (secondary N) is 2. The number of hydrogen-bond donors (Lipinski definition) is 2. The molecule has 0 saturated heterocycles. The molecule has 0 radical (unpaired) electrons. The molecule has 9 heteroatoms. The molecular weight excluding hydrogens is 472 g/mol. The smallest absolute Gasteiger partial charge is 0.302 e. The van der Waals surface area contributed by atoms with E-state index in [1.54, 1.807) is 25.1 Å². The second-order valence-corrected chi connectivity index (χ2v) is 8.85. The molecule has 35 heavy (non-hydrogen) atoms. The lowest BCUT2D eigenvalue weighted by Gasteiger charge is -2.20. The van der Waals surface area contributed by atoms with Gasteiger partial charge < -0.3 is 9.73 Å². The minimum Gasteiger partial charge on any atom is -0.455 e. The second-order valence-electron chi connectivity index (χ2n) is 8.06. The molecule has 0 saturated carbocycles. The molecule has 1 unspecified atom stereocenters. The Morgan fingerprint density at radius 3 is 2.54 bits per heavy atom. The Kier molecular flexibility index (Phi) is 7.16. The first kappa shape index (κ1) is 24.4. The zero-order chi connectivity index (χ0) is 25.1. The lowest BCUT2D eigenvalue weighted by Crippen LogP contribution is -2.21. The number of pyridine rings is 1. The Bertz CT molecular complexity index is 1440. The first-order valence-electron chi connectivity index (χ1n) is 10.8. The number of aromatic nitrogens is 1. The van der Waals surface area contributed by atoms with Crippen LogP contribution in [0.3, 0.4) is 0 Å². The fraction of sp³-hybridized carbons (Fsp3) is 0.192. The van der Waals surface area contributed by atoms with Crippen molar-refractivity contribution in [3.8, 4) is 11.3 Å². The van der Waals surface area contributed by atoms with E-state index in [-0.39, 0.29) is 23.1 Å². The SMILES string of the molecule is Cc1cc(C(C)Nc2cccnc2C(=O)NSC(F)F)c2oc(-c3ccccc3)c(C)c(=O)c2c1. The number of benzene rings is 2. The van der Waals surface area contributed by atoms with Crippen LogP contribution in [-0.2, 0) is 0 Å². The largest absolute Gasteiger partial charge is 0.455 e. The first-order valence-corrected chi connectivity index (χ1v) is 11.7. The van der Waals surface area contributed by atoms with Gasteiger partial charge in [-0.3, -0.25) is 14.3 Å². The van der Waals surface area contributed by atoms with Crippen LogP contribution in [0.2, 0.25) is 0 Å². The van der Waals surface area contributed by atoms with Gasteiger partial charge in [-0.2, -0.15) is 8.78 Å². The van der Waals surface area contributed by atoms with Gasteiger partial charge in [0.1, 0.15) is 11.3 Å². The fourth-order valence-electron chi connectivity index (χ4n) is 3.91. The predicted octanol–water partition coefficient (Wildman–Crippen LogP) is 6.25. The second kappa shape index (κ2) is 10.3. The number of hydrogen-bond acceptors (Lipinski definition) is 6. The molecule has 2 aromatic heterocycles. The van der Waals surface area contributed by atoms with Crippen LogP contribution in [0.5, 0.6) is 0 Å². The predicted molar refractivity (Wildman–Crippen MR) is 135 cm³/mol. The average Bonchev–Trinajstić information content (AvgIpc) is 2.85. The van der Waals surface area contributed by atoms with Gasteiger partial charge in [-0.05, 0) is 44.5 Å². The van der Waals surface area contributed by atoms with Crippen LogP contribution >= 0.6 is 11.9 Å². The summed E-state index contributed by atoms with van der Waals surface area (Å²) in [5.41, 5.74) is 3.55. The Morgan fingerprint density at radius 2 is 1.83 bits per heavy atom. The maximum Gasteiger partial charge on any atom is 0.302 e. The maximum absolute atomic E-state index is 13.3. The van der Waals surface area contributed by atoms with E-state index in [9.17, 15) is 18.4 Å². The third kappa shape index (κ3) is 5.19. The zero-order valence-electron chi connectivity index (χ0n) is 19.3. The van der Waals surface area contributed by atoms with Gasteiger partial charge in [0.15, 0.2) is 11.1 Å². The average molecular weight is 496 g/mol. The molecule has 4 rings (SSSR count). The maximum atomic E-state index is 13.3. The van der Waals surface area contributed by atoms with E-state index in [4.69, 9.17) is 4.42 Å². The summed E-state index contributed by atoms with van der Waals surface area (Å²) >= 11 is 0.0140. The number of nitrogens with zero attached hydrogens (tertiary/aromatic N) is 1. The van der Waals surface area contributed by atoms with E-state index in [1.807, 2.05) is 50.2 Å². The van der Waals surface area contributed by atoms with Gasteiger partial charge in [-0.15, -0.1) is 0 Å². The van der Waals surface area contributed by atoms with Crippen LogP contribution in [0.1, 0.15) is 40.1 Å². The van der Waals surface area contributed by atoms with E-state index in [0.29, 0.717) is 33.5 Å². The Hall–Kier alpha value is -3.72. The van der Waals surface area contributed by atoms with Crippen molar-refractivity contribution in [3.63, 3.8) is 0 Å². The van der Waals surface area contributed by atoms with E-state index in [0.717, 1.165) is 11.1 Å². The molecule has 0 bridgehead atoms. The quantitative estimate of drug-likeness (QED) is 0.295. The molecule has 0 aliphatic carbocycles. The van der Waals surface area contributed by atoms with Crippen molar-refractivity contribution < 1.29 is 18.0 Å². The molecule has 2 aromatic carbocycles. The number of rotatable bonds is 7. The van der Waals surface area contributed by atoms with E-state index in [1.165, 1.54) is 6.20 Å². The minimum atomic E-state index is -2.75. The third-order valence-electron chi connectivity index (χ3n) is 5.53. The first-order chi connectivity index (χ1) is 16.8. The highest BCUT2D eigenvalue weighted by Gasteiger charge is 2.21. The van der Waals surface area contributed by atoms with Gasteiger partial charge in [0.25, 0.3) is 5.91 Å². The van der Waals surface area contributed by atoms with E-state index >= 15 is 0 Å². The number of carbonyl (C=O) groups is 1. The molecule has 1 amide bonds. The molecule has 0 spiro atoms. The summed E-state index contributed by atoms with van der Waals surface area (Å²) in [5.74, 6) is -3.00. The van der Waals surface area contributed by atoms with Crippen LogP contribution < -0.4 is 15.5 Å². The highest BCUT2D eigenvalue weighted by Crippen LogP contribution is 2.32. The van der Waals surface area contributed by atoms with Gasteiger partial charge in [0, 0.05) is 34.8 Å². The lowest BCUT2D eigenvalue weighted by atomic mass is 9.98. The molecular formula is C26H23F2N3O3S. The normalized spacial score (nSPS) is 12.1. The standard InChI is InChI=1S/C26H23F2N3O3S/c1-14-12-18(16(3)30-20-10-7-11-29-21(20)25(33)31-35-26(27)28)24-19(13-14)22(32)15(2)23(34-24)17-8-5-4-6-9-17/h4-13,16,26,30H,1-3H3,(H,31,33). The van der Waals surface area contributed by atoms with E-state index in [2.05, 4.69) is 15.0 Å². The van der Waals surface area contributed by atoms with Crippen molar-refractivity contribution in [1.29, 1.82) is 0 Å². The Morgan fingerprint density at radius 1 is 1.09 bits per heavy atom. The summed E-state index contributed by atoms with van der Waals surface area (Å²) in [6, 6.07) is 16.0. The molecule has 4 aromatic rings. The topological polar surface area (TPSA) is 84.2 Å². The van der Waals surface area contributed by atoms with Crippen molar-refractivity contribution in [1.82, 2.24) is 9.71 Å². The number of halogens is 2. The van der Waals surface area contributed by atoms with Gasteiger partial charge >= 0.3 is 5.76 Å². The summed E-state index contributed by atoms with van der Waals surface area (Å²) in [4.78, 5) is 29.7. The van der Waals surface area contributed by atoms with Gasteiger partial charge in [-0.25, -0.2) is 4.98 Å². The van der Waals surface area contributed by atoms with Crippen molar-refractivity contribution in [2.24, 2.45) is 0 Å². The third-order valence-corrected chi connectivity index (χ3v) is 6.01. The monoisotopic (exact) mass is 495 g/mol. The highest BCUT2D eigenvalue weighted by atomic mass is 32.2. The van der Waals surface area contributed by atoms with Crippen LogP contribution in [0, 0.1) is 13.8 Å². The molecule has 2 heterocycles. The summed E-state index contributed by atoms with van der Waals surface area (Å²) in [5, 5.41) is 3.69. The summed E-state index contributed by atoms with van der Waals surface area (Å²) < 4.78 is 33.5. The molecule has 0 aliphatic rings. The van der Waals surface area contributed by atoms with Gasteiger partial charge in [-0.1, -0.05) is 36.4 Å². The van der Waals surface area contributed by atoms with Crippen LogP contribution in [0.25, 0.3) is 22.3 Å². The van der Waals surface area contributed by atoms with Crippen LogP contribution in [-0.4, -0.2) is 16.6 Å². The number of anilines is 1. The zero-order valence-corrected chi connectivity index (χ0v) is 20.1. The fourth-order valence-corrected chi connectivity index (χ4v) is 4.21. The van der Waals surface area contributed by atoms with Crippen LogP contribution in [0.4, 0.5) is 14.5 Å². The van der Waals surface area contributed by atoms with Crippen molar-refractivity contribution in [3.05, 3.63) is 93.4 Å². The number of carbonyl (C=O) groups excluding carboxylic acids is 1. The van der Waals surface area contributed by atoms with Crippen molar-refractivity contribution in [2.75, 3.05) is 5.32 Å². The number of alkyl halides is 2. The summed E-state index contributed by atoms with van der Waals surface area (Å²) in [7, 11) is 0. The summed E-state index contributed by atoms with van der Waals surface area (Å²) in [6.07, 6.45) is 1.41. The molecule has 1 atom stereocenters. The number of aryl methyl sites for hydroxylation is 1.